The molecule has 5 heteroatoms. The monoisotopic (exact) mass is 191 g/mol. The molecule has 0 aliphatic heterocycles. The first-order valence-electron chi connectivity index (χ1n) is 4.31. The van der Waals surface area contributed by atoms with Crippen LogP contribution in [0.1, 0.15) is 6.92 Å². The van der Waals surface area contributed by atoms with Gasteiger partial charge in [-0.05, 0) is 13.0 Å². The van der Waals surface area contributed by atoms with E-state index in [1.54, 1.807) is 18.5 Å². The molecule has 0 saturated carbocycles. The van der Waals surface area contributed by atoms with Gasteiger partial charge in [0, 0.05) is 18.7 Å². The van der Waals surface area contributed by atoms with Crippen LogP contribution in [0.4, 0.5) is 5.69 Å². The second-order valence-corrected chi connectivity index (χ2v) is 2.96. The van der Waals surface area contributed by atoms with Crippen LogP contribution < -0.4 is 0 Å². The highest BCUT2D eigenvalue weighted by Gasteiger charge is 2.08. The summed E-state index contributed by atoms with van der Waals surface area (Å²) >= 11 is 0. The van der Waals surface area contributed by atoms with Gasteiger partial charge in [0.1, 0.15) is 0 Å². The number of rotatable bonds is 2. The zero-order valence-electron chi connectivity index (χ0n) is 7.67. The van der Waals surface area contributed by atoms with Gasteiger partial charge in [-0.2, -0.15) is 0 Å². The Balaban J connectivity index is 2.67. The molecule has 0 bridgehead atoms. The minimum Gasteiger partial charge on any atom is -0.331 e. The van der Waals surface area contributed by atoms with Crippen LogP contribution in [0.25, 0.3) is 11.0 Å². The molecule has 0 fully saturated rings. The van der Waals surface area contributed by atoms with E-state index in [1.807, 2.05) is 11.5 Å². The van der Waals surface area contributed by atoms with Crippen molar-refractivity contribution in [2.45, 2.75) is 13.5 Å². The number of nitro benzene ring substituents is 1. The quantitative estimate of drug-likeness (QED) is 0.538. The second-order valence-electron chi connectivity index (χ2n) is 2.96. The molecule has 0 atom stereocenters. The molecule has 0 spiro atoms. The first-order chi connectivity index (χ1) is 6.72. The number of non-ortho nitro benzene ring substituents is 1. The lowest BCUT2D eigenvalue weighted by Crippen LogP contribution is -1.92. The minimum absolute atomic E-state index is 0.104. The summed E-state index contributed by atoms with van der Waals surface area (Å²) in [6.07, 6.45) is 1.69. The van der Waals surface area contributed by atoms with Gasteiger partial charge in [0.15, 0.2) is 0 Å². The minimum atomic E-state index is -0.396. The van der Waals surface area contributed by atoms with Crippen molar-refractivity contribution in [2.24, 2.45) is 0 Å². The van der Waals surface area contributed by atoms with Crippen LogP contribution >= 0.6 is 0 Å². The summed E-state index contributed by atoms with van der Waals surface area (Å²) in [5.41, 5.74) is 1.70. The molecular weight excluding hydrogens is 182 g/mol. The third-order valence-corrected chi connectivity index (χ3v) is 2.16. The lowest BCUT2D eigenvalue weighted by atomic mass is 10.3. The Hall–Kier alpha value is -1.91. The molecule has 2 aromatic rings. The maximum absolute atomic E-state index is 10.5. The van der Waals surface area contributed by atoms with Gasteiger partial charge in [0.05, 0.1) is 22.3 Å². The normalized spacial score (nSPS) is 10.6. The Morgan fingerprint density at radius 2 is 2.36 bits per heavy atom. The predicted octanol–water partition coefficient (Wildman–Crippen LogP) is 1.96. The summed E-state index contributed by atoms with van der Waals surface area (Å²) in [4.78, 5) is 14.3. The first kappa shape index (κ1) is 8.68. The first-order valence-corrected chi connectivity index (χ1v) is 4.31. The molecule has 0 radical (unpaired) electrons. The third-order valence-electron chi connectivity index (χ3n) is 2.16. The molecular formula is C9H9N3O2. The molecule has 0 amide bonds. The Morgan fingerprint density at radius 3 is 3.00 bits per heavy atom. The molecule has 72 valence electrons. The van der Waals surface area contributed by atoms with Crippen molar-refractivity contribution in [3.05, 3.63) is 34.6 Å². The number of hydrogen-bond donors (Lipinski definition) is 0. The summed E-state index contributed by atoms with van der Waals surface area (Å²) in [6.45, 7) is 2.73. The number of hydrogen-bond acceptors (Lipinski definition) is 3. The fourth-order valence-corrected chi connectivity index (χ4v) is 1.41. The van der Waals surface area contributed by atoms with E-state index in [4.69, 9.17) is 0 Å². The zero-order chi connectivity index (χ0) is 10.1. The summed E-state index contributed by atoms with van der Waals surface area (Å²) in [5.74, 6) is 0. The molecule has 0 saturated heterocycles. The van der Waals surface area contributed by atoms with E-state index in [1.165, 1.54) is 6.07 Å². The van der Waals surface area contributed by atoms with Crippen molar-refractivity contribution in [3.8, 4) is 0 Å². The van der Waals surface area contributed by atoms with Crippen molar-refractivity contribution < 1.29 is 4.92 Å². The van der Waals surface area contributed by atoms with Crippen molar-refractivity contribution >= 4 is 16.7 Å². The van der Waals surface area contributed by atoms with E-state index < -0.39 is 4.92 Å². The number of aryl methyl sites for hydroxylation is 1. The van der Waals surface area contributed by atoms with Gasteiger partial charge in [0.2, 0.25) is 0 Å². The van der Waals surface area contributed by atoms with E-state index in [0.717, 1.165) is 17.6 Å². The number of fused-ring (bicyclic) bond motifs is 1. The standard InChI is InChI=1S/C9H9N3O2/c1-2-11-6-10-8-4-3-7(12(13)14)5-9(8)11/h3-6H,2H2,1H3. The Bertz CT molecular complexity index is 490. The fraction of sp³-hybridized carbons (Fsp3) is 0.222. The topological polar surface area (TPSA) is 61.0 Å². The predicted molar refractivity (Wildman–Crippen MR) is 52.1 cm³/mol. The van der Waals surface area contributed by atoms with Gasteiger partial charge in [-0.25, -0.2) is 4.98 Å². The smallest absolute Gasteiger partial charge is 0.271 e. The molecule has 0 unspecified atom stereocenters. The number of benzene rings is 1. The van der Waals surface area contributed by atoms with E-state index in [0.29, 0.717) is 0 Å². The Morgan fingerprint density at radius 1 is 1.57 bits per heavy atom. The van der Waals surface area contributed by atoms with Crippen LogP contribution in [-0.2, 0) is 6.54 Å². The molecule has 1 aromatic carbocycles. The van der Waals surface area contributed by atoms with Gasteiger partial charge in [-0.1, -0.05) is 0 Å². The number of aromatic nitrogens is 2. The molecule has 2 rings (SSSR count). The lowest BCUT2D eigenvalue weighted by Gasteiger charge is -1.97. The second kappa shape index (κ2) is 3.10. The van der Waals surface area contributed by atoms with E-state index in [-0.39, 0.29) is 5.69 Å². The molecule has 5 nitrogen and oxygen atoms in total. The average Bonchev–Trinajstić information content (AvgIpc) is 2.59. The highest BCUT2D eigenvalue weighted by Crippen LogP contribution is 2.19. The Labute approximate surface area is 80.1 Å². The SMILES string of the molecule is CCn1cnc2ccc([N+](=O)[O-])cc21. The fourth-order valence-electron chi connectivity index (χ4n) is 1.41. The van der Waals surface area contributed by atoms with Gasteiger partial charge >= 0.3 is 0 Å². The molecule has 0 N–H and O–H groups in total. The Kier molecular flexibility index (Phi) is 1.92. The summed E-state index contributed by atoms with van der Waals surface area (Å²) in [6, 6.07) is 4.68. The zero-order valence-corrected chi connectivity index (χ0v) is 7.67. The van der Waals surface area contributed by atoms with E-state index >= 15 is 0 Å². The summed E-state index contributed by atoms with van der Waals surface area (Å²) < 4.78 is 1.88. The van der Waals surface area contributed by atoms with Gasteiger partial charge in [-0.3, -0.25) is 10.1 Å². The van der Waals surface area contributed by atoms with E-state index in [2.05, 4.69) is 4.98 Å². The maximum atomic E-state index is 10.5. The number of nitro groups is 1. The number of imidazole rings is 1. The highest BCUT2D eigenvalue weighted by atomic mass is 16.6. The van der Waals surface area contributed by atoms with Crippen molar-refractivity contribution in [3.63, 3.8) is 0 Å². The van der Waals surface area contributed by atoms with Crippen LogP contribution in [0, 0.1) is 10.1 Å². The van der Waals surface area contributed by atoms with Crippen LogP contribution in [0.3, 0.4) is 0 Å². The van der Waals surface area contributed by atoms with Crippen molar-refractivity contribution in [2.75, 3.05) is 0 Å². The van der Waals surface area contributed by atoms with Crippen molar-refractivity contribution in [1.82, 2.24) is 9.55 Å². The molecule has 14 heavy (non-hydrogen) atoms. The van der Waals surface area contributed by atoms with Gasteiger partial charge < -0.3 is 4.57 Å². The molecule has 0 aliphatic rings. The lowest BCUT2D eigenvalue weighted by molar-refractivity contribution is -0.384. The third kappa shape index (κ3) is 1.22. The van der Waals surface area contributed by atoms with Crippen LogP contribution in [0.15, 0.2) is 24.5 Å². The molecule has 0 aliphatic carbocycles. The van der Waals surface area contributed by atoms with E-state index in [9.17, 15) is 10.1 Å². The van der Waals surface area contributed by atoms with Crippen LogP contribution in [0.5, 0.6) is 0 Å². The molecule has 1 heterocycles. The summed E-state index contributed by atoms with van der Waals surface area (Å²) in [5, 5.41) is 10.5. The van der Waals surface area contributed by atoms with Crippen molar-refractivity contribution in [1.29, 1.82) is 0 Å². The largest absolute Gasteiger partial charge is 0.331 e. The number of nitrogens with zero attached hydrogens (tertiary/aromatic N) is 3. The van der Waals surface area contributed by atoms with Gasteiger partial charge in [0.25, 0.3) is 5.69 Å². The van der Waals surface area contributed by atoms with Crippen LogP contribution in [0.2, 0.25) is 0 Å². The van der Waals surface area contributed by atoms with Gasteiger partial charge in [-0.15, -0.1) is 0 Å². The summed E-state index contributed by atoms with van der Waals surface area (Å²) in [7, 11) is 0. The highest BCUT2D eigenvalue weighted by molar-refractivity contribution is 5.77. The average molecular weight is 191 g/mol. The maximum Gasteiger partial charge on any atom is 0.271 e. The molecule has 1 aromatic heterocycles. The van der Waals surface area contributed by atoms with Crippen LogP contribution in [-0.4, -0.2) is 14.5 Å².